The summed E-state index contributed by atoms with van der Waals surface area (Å²) < 4.78 is 37.6. The van der Waals surface area contributed by atoms with E-state index in [2.05, 4.69) is 15.9 Å². The molecule has 1 fully saturated rings. The highest BCUT2D eigenvalue weighted by Gasteiger charge is 2.36. The third-order valence-corrected chi connectivity index (χ3v) is 5.88. The molecular formula is C11H17BrN2O4S. The van der Waals surface area contributed by atoms with E-state index in [1.165, 1.54) is 10.4 Å². The third-order valence-electron chi connectivity index (χ3n) is 3.04. The first kappa shape index (κ1) is 15.0. The second kappa shape index (κ2) is 5.53. The summed E-state index contributed by atoms with van der Waals surface area (Å²) >= 11 is 3.14. The zero-order valence-corrected chi connectivity index (χ0v) is 13.2. The van der Waals surface area contributed by atoms with Gasteiger partial charge in [0, 0.05) is 18.7 Å². The van der Waals surface area contributed by atoms with Crippen LogP contribution in [0.4, 0.5) is 0 Å². The highest BCUT2D eigenvalue weighted by Crippen LogP contribution is 2.30. The summed E-state index contributed by atoms with van der Waals surface area (Å²) in [5, 5.41) is 0. The lowest BCUT2D eigenvalue weighted by atomic mass is 10.2. The van der Waals surface area contributed by atoms with Crippen molar-refractivity contribution in [3.8, 4) is 0 Å². The first-order valence-electron chi connectivity index (χ1n) is 5.98. The number of rotatable bonds is 3. The van der Waals surface area contributed by atoms with Gasteiger partial charge in [0.15, 0.2) is 4.67 Å². The molecule has 0 aromatic carbocycles. The third kappa shape index (κ3) is 2.87. The molecule has 1 saturated heterocycles. The molecule has 1 aromatic heterocycles. The van der Waals surface area contributed by atoms with Crippen molar-refractivity contribution in [1.82, 2.24) is 4.31 Å². The van der Waals surface area contributed by atoms with Crippen molar-refractivity contribution >= 4 is 26.0 Å². The van der Waals surface area contributed by atoms with Gasteiger partial charge in [-0.05, 0) is 29.8 Å². The molecule has 108 valence electrons. The largest absolute Gasteiger partial charge is 0.452 e. The molecule has 2 unspecified atom stereocenters. The highest BCUT2D eigenvalue weighted by atomic mass is 79.9. The van der Waals surface area contributed by atoms with Crippen molar-refractivity contribution in [3.63, 3.8) is 0 Å². The lowest BCUT2D eigenvalue weighted by Gasteiger charge is -2.35. The van der Waals surface area contributed by atoms with Gasteiger partial charge in [-0.15, -0.1) is 0 Å². The number of morpholine rings is 1. The maximum absolute atomic E-state index is 12.6. The van der Waals surface area contributed by atoms with E-state index in [4.69, 9.17) is 14.9 Å². The van der Waals surface area contributed by atoms with Crippen LogP contribution in [0.15, 0.2) is 20.0 Å². The van der Waals surface area contributed by atoms with Crippen LogP contribution in [0.2, 0.25) is 0 Å². The molecule has 0 saturated carbocycles. The average Bonchev–Trinajstić information content (AvgIpc) is 2.74. The van der Waals surface area contributed by atoms with Gasteiger partial charge in [0.05, 0.1) is 19.3 Å². The standard InChI is InChI=1S/C11H17BrN2O4S/c1-7-6-17-8(2)5-14(7)19(15,16)10-3-9(4-13)18-11(10)12/h3,7-8H,4-6,13H2,1-2H3. The van der Waals surface area contributed by atoms with Gasteiger partial charge < -0.3 is 14.9 Å². The number of ether oxygens (including phenoxy) is 1. The second-order valence-electron chi connectivity index (χ2n) is 4.62. The Morgan fingerprint density at radius 3 is 2.79 bits per heavy atom. The van der Waals surface area contributed by atoms with E-state index in [1.54, 1.807) is 0 Å². The van der Waals surface area contributed by atoms with E-state index in [1.807, 2.05) is 13.8 Å². The van der Waals surface area contributed by atoms with Crippen molar-refractivity contribution in [2.24, 2.45) is 5.73 Å². The van der Waals surface area contributed by atoms with E-state index in [0.29, 0.717) is 18.9 Å². The van der Waals surface area contributed by atoms with Gasteiger partial charge >= 0.3 is 0 Å². The van der Waals surface area contributed by atoms with Gasteiger partial charge in [0.2, 0.25) is 10.0 Å². The van der Waals surface area contributed by atoms with E-state index < -0.39 is 10.0 Å². The number of hydrogen-bond acceptors (Lipinski definition) is 5. The molecule has 0 amide bonds. The van der Waals surface area contributed by atoms with Crippen LogP contribution >= 0.6 is 15.9 Å². The second-order valence-corrected chi connectivity index (χ2v) is 7.20. The number of nitrogens with two attached hydrogens (primary N) is 1. The van der Waals surface area contributed by atoms with Gasteiger partial charge in [0.25, 0.3) is 0 Å². The maximum atomic E-state index is 12.6. The number of hydrogen-bond donors (Lipinski definition) is 1. The Balaban J connectivity index is 2.37. The Morgan fingerprint density at radius 2 is 2.21 bits per heavy atom. The summed E-state index contributed by atoms with van der Waals surface area (Å²) in [4.78, 5) is 0.119. The smallest absolute Gasteiger partial charge is 0.247 e. The van der Waals surface area contributed by atoms with Crippen LogP contribution in [-0.4, -0.2) is 38.0 Å². The zero-order chi connectivity index (χ0) is 14.2. The lowest BCUT2D eigenvalue weighted by molar-refractivity contribution is -0.0170. The minimum atomic E-state index is -3.61. The first-order chi connectivity index (χ1) is 8.86. The van der Waals surface area contributed by atoms with Gasteiger partial charge in [-0.2, -0.15) is 4.31 Å². The normalized spacial score (nSPS) is 25.7. The average molecular weight is 353 g/mol. The van der Waals surface area contributed by atoms with Gasteiger partial charge in [-0.25, -0.2) is 8.42 Å². The van der Waals surface area contributed by atoms with Gasteiger partial charge in [0.1, 0.15) is 10.7 Å². The van der Waals surface area contributed by atoms with Crippen molar-refractivity contribution in [1.29, 1.82) is 0 Å². The van der Waals surface area contributed by atoms with Crippen molar-refractivity contribution < 1.29 is 17.6 Å². The summed E-state index contributed by atoms with van der Waals surface area (Å²) in [5.41, 5.74) is 5.46. The Bertz CT molecular complexity index is 557. The van der Waals surface area contributed by atoms with Crippen LogP contribution < -0.4 is 5.73 Å². The minimum absolute atomic E-state index is 0.119. The van der Waals surface area contributed by atoms with Crippen LogP contribution in [0.25, 0.3) is 0 Å². The van der Waals surface area contributed by atoms with Crippen LogP contribution in [0, 0.1) is 0 Å². The summed E-state index contributed by atoms with van der Waals surface area (Å²) in [6, 6.07) is 1.26. The highest BCUT2D eigenvalue weighted by molar-refractivity contribution is 9.10. The Morgan fingerprint density at radius 1 is 1.53 bits per heavy atom. The van der Waals surface area contributed by atoms with E-state index in [0.717, 1.165) is 0 Å². The Hall–Kier alpha value is -0.410. The monoisotopic (exact) mass is 352 g/mol. The van der Waals surface area contributed by atoms with Crippen LogP contribution in [0.5, 0.6) is 0 Å². The van der Waals surface area contributed by atoms with Crippen molar-refractivity contribution in [3.05, 3.63) is 16.5 Å². The molecule has 1 aliphatic heterocycles. The predicted molar refractivity (Wildman–Crippen MR) is 73.1 cm³/mol. The van der Waals surface area contributed by atoms with E-state index in [9.17, 15) is 8.42 Å². The zero-order valence-electron chi connectivity index (χ0n) is 10.8. The molecule has 0 spiro atoms. The first-order valence-corrected chi connectivity index (χ1v) is 8.21. The number of halogens is 1. The molecule has 0 aliphatic carbocycles. The molecule has 0 radical (unpaired) electrons. The van der Waals surface area contributed by atoms with Gasteiger partial charge in [-0.3, -0.25) is 0 Å². The molecule has 2 heterocycles. The summed E-state index contributed by atoms with van der Waals surface area (Å²) in [6.45, 7) is 4.55. The van der Waals surface area contributed by atoms with Gasteiger partial charge in [-0.1, -0.05) is 0 Å². The van der Waals surface area contributed by atoms with Crippen LogP contribution in [-0.2, 0) is 21.3 Å². The molecule has 2 rings (SSSR count). The molecule has 6 nitrogen and oxygen atoms in total. The number of sulfonamides is 1. The molecule has 2 N–H and O–H groups in total. The maximum Gasteiger partial charge on any atom is 0.247 e. The fourth-order valence-electron chi connectivity index (χ4n) is 2.01. The quantitative estimate of drug-likeness (QED) is 0.885. The SMILES string of the molecule is CC1CN(S(=O)(=O)c2cc(CN)oc2Br)C(C)CO1. The lowest BCUT2D eigenvalue weighted by Crippen LogP contribution is -2.50. The summed E-state index contributed by atoms with van der Waals surface area (Å²) in [6.07, 6.45) is -0.120. The molecule has 19 heavy (non-hydrogen) atoms. The molecule has 2 atom stereocenters. The predicted octanol–water partition coefficient (Wildman–Crippen LogP) is 1.30. The Labute approximate surface area is 121 Å². The van der Waals surface area contributed by atoms with Crippen LogP contribution in [0.1, 0.15) is 19.6 Å². The van der Waals surface area contributed by atoms with E-state index in [-0.39, 0.29) is 28.3 Å². The van der Waals surface area contributed by atoms with E-state index >= 15 is 0 Å². The topological polar surface area (TPSA) is 85.8 Å². The summed E-state index contributed by atoms with van der Waals surface area (Å²) in [7, 11) is -3.61. The number of nitrogens with zero attached hydrogens (tertiary/aromatic N) is 1. The summed E-state index contributed by atoms with van der Waals surface area (Å²) in [5.74, 6) is 0.430. The fourth-order valence-corrected chi connectivity index (χ4v) is 4.66. The molecular weight excluding hydrogens is 336 g/mol. The molecule has 8 heteroatoms. The Kier molecular flexibility index (Phi) is 4.36. The van der Waals surface area contributed by atoms with Crippen LogP contribution in [0.3, 0.4) is 0 Å². The molecule has 0 bridgehead atoms. The van der Waals surface area contributed by atoms with Crippen molar-refractivity contribution in [2.75, 3.05) is 13.2 Å². The molecule has 1 aliphatic rings. The molecule has 1 aromatic rings. The minimum Gasteiger partial charge on any atom is -0.452 e. The van der Waals surface area contributed by atoms with Crippen molar-refractivity contribution in [2.45, 2.75) is 37.4 Å². The number of furan rings is 1. The fraction of sp³-hybridized carbons (Fsp3) is 0.636.